The zero-order chi connectivity index (χ0) is 13.3. The molecule has 0 unspecified atom stereocenters. The van der Waals surface area contributed by atoms with Crippen molar-refractivity contribution in [2.45, 2.75) is 18.6 Å². The fourth-order valence-corrected chi connectivity index (χ4v) is 2.16. The lowest BCUT2D eigenvalue weighted by Crippen LogP contribution is -2.35. The molecule has 0 bridgehead atoms. The van der Waals surface area contributed by atoms with Crippen LogP contribution in [0, 0.1) is 0 Å². The van der Waals surface area contributed by atoms with E-state index in [2.05, 4.69) is 10.1 Å². The second-order valence-corrected chi connectivity index (χ2v) is 4.21. The minimum atomic E-state index is -4.51. The summed E-state index contributed by atoms with van der Waals surface area (Å²) in [4.78, 5) is 11.0. The molecule has 7 heteroatoms. The molecule has 0 spiro atoms. The van der Waals surface area contributed by atoms with Crippen LogP contribution in [-0.2, 0) is 10.9 Å². The highest BCUT2D eigenvalue weighted by atomic mass is 35.5. The normalized spacial score (nSPS) is 20.2. The highest BCUT2D eigenvalue weighted by Crippen LogP contribution is 2.38. The number of alkyl carbamates (subject to hydrolysis) is 1. The van der Waals surface area contributed by atoms with E-state index in [0.29, 0.717) is 6.42 Å². The van der Waals surface area contributed by atoms with Gasteiger partial charge < -0.3 is 10.1 Å². The van der Waals surface area contributed by atoms with Gasteiger partial charge in [0, 0.05) is 6.42 Å². The minimum absolute atomic E-state index is 0.156. The average Bonchev–Trinajstić information content (AvgIpc) is 2.27. The van der Waals surface area contributed by atoms with E-state index in [4.69, 9.17) is 11.6 Å². The van der Waals surface area contributed by atoms with Gasteiger partial charge in [-0.25, -0.2) is 4.79 Å². The predicted octanol–water partition coefficient (Wildman–Crippen LogP) is 3.53. The maximum Gasteiger partial charge on any atom is 0.417 e. The third kappa shape index (κ3) is 2.53. The number of carbonyl (C=O) groups excluding carboxylic acids is 1. The lowest BCUT2D eigenvalue weighted by atomic mass is 10.0. The molecule has 1 aromatic carbocycles. The maximum atomic E-state index is 12.7. The number of ether oxygens (including phenoxy) is 1. The second-order valence-electron chi connectivity index (χ2n) is 3.83. The molecule has 1 amide bonds. The monoisotopic (exact) mass is 279 g/mol. The van der Waals surface area contributed by atoms with Crippen LogP contribution >= 0.6 is 11.6 Å². The van der Waals surface area contributed by atoms with Crippen molar-refractivity contribution >= 4 is 17.7 Å². The summed E-state index contributed by atoms with van der Waals surface area (Å²) in [5.41, 5.74) is -0.648. The molecule has 1 aliphatic heterocycles. The molecule has 1 heterocycles. The van der Waals surface area contributed by atoms with E-state index in [9.17, 15) is 18.0 Å². The molecule has 0 aliphatic carbocycles. The number of benzene rings is 1. The standard InChI is InChI=1S/C11H9ClF3NO2/c12-9-6(8-4-5-18-10(17)16-8)2-1-3-7(9)11(13,14)15/h1-3,8H,4-5H2,(H,16,17)/t8-/m0/s1. The van der Waals surface area contributed by atoms with Crippen molar-refractivity contribution in [3.63, 3.8) is 0 Å². The molecule has 1 aromatic rings. The summed E-state index contributed by atoms with van der Waals surface area (Å²) in [5, 5.41) is 2.06. The Labute approximate surface area is 106 Å². The van der Waals surface area contributed by atoms with Gasteiger partial charge in [-0.2, -0.15) is 13.2 Å². The summed E-state index contributed by atoms with van der Waals surface area (Å²) in [6, 6.07) is 3.09. The lowest BCUT2D eigenvalue weighted by Gasteiger charge is -2.25. The molecule has 1 N–H and O–H groups in total. The largest absolute Gasteiger partial charge is 0.449 e. The molecule has 3 nitrogen and oxygen atoms in total. The summed E-state index contributed by atoms with van der Waals surface area (Å²) in [5.74, 6) is 0. The van der Waals surface area contributed by atoms with Crippen molar-refractivity contribution < 1.29 is 22.7 Å². The van der Waals surface area contributed by atoms with Crippen LogP contribution in [0.4, 0.5) is 18.0 Å². The van der Waals surface area contributed by atoms with Gasteiger partial charge in [0.05, 0.1) is 23.2 Å². The average molecular weight is 280 g/mol. The lowest BCUT2D eigenvalue weighted by molar-refractivity contribution is -0.137. The molecule has 0 aromatic heterocycles. The Balaban J connectivity index is 2.37. The number of hydrogen-bond acceptors (Lipinski definition) is 2. The van der Waals surface area contributed by atoms with Crippen LogP contribution in [0.5, 0.6) is 0 Å². The fraction of sp³-hybridized carbons (Fsp3) is 0.364. The van der Waals surface area contributed by atoms with Crippen molar-refractivity contribution in [2.75, 3.05) is 6.61 Å². The minimum Gasteiger partial charge on any atom is -0.449 e. The molecule has 0 saturated carbocycles. The Morgan fingerprint density at radius 2 is 2.11 bits per heavy atom. The van der Waals surface area contributed by atoms with E-state index in [1.165, 1.54) is 12.1 Å². The number of alkyl halides is 3. The quantitative estimate of drug-likeness (QED) is 0.854. The molecule has 1 fully saturated rings. The van der Waals surface area contributed by atoms with Gasteiger partial charge in [0.2, 0.25) is 0 Å². The Kier molecular flexibility index (Phi) is 3.38. The highest BCUT2D eigenvalue weighted by molar-refractivity contribution is 6.32. The van der Waals surface area contributed by atoms with Crippen molar-refractivity contribution in [3.05, 3.63) is 34.3 Å². The van der Waals surface area contributed by atoms with Crippen molar-refractivity contribution in [1.29, 1.82) is 0 Å². The molecule has 1 aliphatic rings. The van der Waals surface area contributed by atoms with Crippen LogP contribution in [0.2, 0.25) is 5.02 Å². The summed E-state index contributed by atoms with van der Waals surface area (Å²) in [6.45, 7) is 0.156. The van der Waals surface area contributed by atoms with E-state index < -0.39 is 23.9 Å². The Morgan fingerprint density at radius 1 is 1.39 bits per heavy atom. The molecule has 18 heavy (non-hydrogen) atoms. The number of cyclic esters (lactones) is 1. The molecule has 1 saturated heterocycles. The summed E-state index contributed by atoms with van der Waals surface area (Å²) in [7, 11) is 0. The summed E-state index contributed by atoms with van der Waals surface area (Å²) < 4.78 is 42.7. The van der Waals surface area contributed by atoms with Gasteiger partial charge in [-0.1, -0.05) is 23.7 Å². The third-order valence-electron chi connectivity index (χ3n) is 2.64. The van der Waals surface area contributed by atoms with Crippen LogP contribution < -0.4 is 5.32 Å². The topological polar surface area (TPSA) is 38.3 Å². The van der Waals surface area contributed by atoms with Gasteiger partial charge in [-0.3, -0.25) is 0 Å². The van der Waals surface area contributed by atoms with Crippen LogP contribution in [0.3, 0.4) is 0 Å². The first-order valence-electron chi connectivity index (χ1n) is 5.18. The van der Waals surface area contributed by atoms with Gasteiger partial charge in [0.1, 0.15) is 0 Å². The zero-order valence-corrected chi connectivity index (χ0v) is 9.81. The van der Waals surface area contributed by atoms with Crippen LogP contribution in [-0.4, -0.2) is 12.7 Å². The van der Waals surface area contributed by atoms with Gasteiger partial charge in [0.15, 0.2) is 0 Å². The van der Waals surface area contributed by atoms with Gasteiger partial charge in [0.25, 0.3) is 0 Å². The van der Waals surface area contributed by atoms with Gasteiger partial charge in [-0.05, 0) is 11.6 Å². The molecule has 2 rings (SSSR count). The Morgan fingerprint density at radius 3 is 2.72 bits per heavy atom. The van der Waals surface area contributed by atoms with E-state index in [1.54, 1.807) is 0 Å². The van der Waals surface area contributed by atoms with Crippen LogP contribution in [0.25, 0.3) is 0 Å². The first kappa shape index (κ1) is 13.0. The molecule has 0 radical (unpaired) electrons. The highest BCUT2D eigenvalue weighted by Gasteiger charge is 2.35. The number of amides is 1. The fourth-order valence-electron chi connectivity index (χ4n) is 1.80. The third-order valence-corrected chi connectivity index (χ3v) is 3.06. The maximum absolute atomic E-state index is 12.7. The molecule has 98 valence electrons. The van der Waals surface area contributed by atoms with Crippen molar-refractivity contribution in [1.82, 2.24) is 5.32 Å². The number of carbonyl (C=O) groups is 1. The second kappa shape index (κ2) is 4.68. The van der Waals surface area contributed by atoms with E-state index in [1.807, 2.05) is 0 Å². The van der Waals surface area contributed by atoms with E-state index in [0.717, 1.165) is 6.07 Å². The zero-order valence-electron chi connectivity index (χ0n) is 9.05. The predicted molar refractivity (Wildman–Crippen MR) is 58.3 cm³/mol. The van der Waals surface area contributed by atoms with Crippen LogP contribution in [0.1, 0.15) is 23.6 Å². The van der Waals surface area contributed by atoms with Gasteiger partial charge in [-0.15, -0.1) is 0 Å². The first-order chi connectivity index (χ1) is 8.39. The van der Waals surface area contributed by atoms with Gasteiger partial charge >= 0.3 is 12.3 Å². The van der Waals surface area contributed by atoms with E-state index >= 15 is 0 Å². The first-order valence-corrected chi connectivity index (χ1v) is 5.56. The number of halogens is 4. The number of hydrogen-bond donors (Lipinski definition) is 1. The van der Waals surface area contributed by atoms with Crippen LogP contribution in [0.15, 0.2) is 18.2 Å². The molecular weight excluding hydrogens is 271 g/mol. The van der Waals surface area contributed by atoms with E-state index in [-0.39, 0.29) is 17.2 Å². The number of rotatable bonds is 1. The summed E-state index contributed by atoms with van der Waals surface area (Å²) >= 11 is 5.76. The van der Waals surface area contributed by atoms with Crippen molar-refractivity contribution in [3.8, 4) is 0 Å². The molecule has 1 atom stereocenters. The Hall–Kier alpha value is -1.43. The molecular formula is C11H9ClF3NO2. The Bertz CT molecular complexity index is 476. The summed E-state index contributed by atoms with van der Waals surface area (Å²) in [6.07, 6.45) is -4.78. The number of nitrogens with one attached hydrogen (secondary N) is 1. The SMILES string of the molecule is O=C1N[C@H](c2cccc(C(F)(F)F)c2Cl)CCO1. The van der Waals surface area contributed by atoms with Crippen molar-refractivity contribution in [2.24, 2.45) is 0 Å². The smallest absolute Gasteiger partial charge is 0.417 e.